The molecule has 0 heterocycles. The molecule has 0 saturated heterocycles. The number of hydrogen-bond donors (Lipinski definition) is 1. The van der Waals surface area contributed by atoms with Gasteiger partial charge in [0, 0.05) is 6.04 Å². The summed E-state index contributed by atoms with van der Waals surface area (Å²) in [5.74, 6) is 0. The van der Waals surface area contributed by atoms with Gasteiger partial charge in [-0.25, -0.2) is 0 Å². The molecule has 1 nitrogen and oxygen atoms in total. The number of nitrogens with one attached hydrogen (secondary N) is 1. The summed E-state index contributed by atoms with van der Waals surface area (Å²) >= 11 is 0. The Balaban J connectivity index is 3.39. The third kappa shape index (κ3) is 10.2. The lowest BCUT2D eigenvalue weighted by molar-refractivity contribution is 0.428. The van der Waals surface area contributed by atoms with Crippen LogP contribution in [-0.2, 0) is 0 Å². The molecule has 0 aromatic rings. The average molecular weight is 225 g/mol. The molecular weight excluding hydrogens is 194 g/mol. The molecule has 1 heteroatoms. The number of rotatable bonds is 12. The molecule has 0 aliphatic heterocycles. The minimum absolute atomic E-state index is 0.768. The Morgan fingerprint density at radius 3 is 2.44 bits per heavy atom. The second kappa shape index (κ2) is 12.8. The van der Waals surface area contributed by atoms with E-state index in [-0.39, 0.29) is 0 Å². The van der Waals surface area contributed by atoms with E-state index in [0.717, 1.165) is 6.04 Å². The van der Waals surface area contributed by atoms with Gasteiger partial charge in [-0.05, 0) is 38.6 Å². The first kappa shape index (κ1) is 15.7. The molecule has 96 valence electrons. The second-order valence-electron chi connectivity index (χ2n) is 4.72. The monoisotopic (exact) mass is 225 g/mol. The van der Waals surface area contributed by atoms with Crippen LogP contribution in [0.1, 0.15) is 71.6 Å². The average Bonchev–Trinajstić information content (AvgIpc) is 2.30. The molecule has 0 radical (unpaired) electrons. The van der Waals surface area contributed by atoms with Crippen LogP contribution in [0, 0.1) is 0 Å². The Hall–Kier alpha value is -0.300. The van der Waals surface area contributed by atoms with E-state index < -0.39 is 0 Å². The molecule has 0 spiro atoms. The van der Waals surface area contributed by atoms with E-state index in [1.54, 1.807) is 0 Å². The molecule has 1 N–H and O–H groups in total. The van der Waals surface area contributed by atoms with Crippen molar-refractivity contribution in [2.75, 3.05) is 6.54 Å². The molecule has 0 fully saturated rings. The van der Waals surface area contributed by atoms with Crippen molar-refractivity contribution in [2.45, 2.75) is 77.7 Å². The van der Waals surface area contributed by atoms with Gasteiger partial charge >= 0.3 is 0 Å². The summed E-state index contributed by atoms with van der Waals surface area (Å²) in [5.41, 5.74) is 0. The van der Waals surface area contributed by atoms with Crippen molar-refractivity contribution >= 4 is 0 Å². The largest absolute Gasteiger partial charge is 0.314 e. The maximum absolute atomic E-state index is 3.75. The van der Waals surface area contributed by atoms with Crippen LogP contribution < -0.4 is 5.32 Å². The van der Waals surface area contributed by atoms with Gasteiger partial charge < -0.3 is 5.32 Å². The first-order chi connectivity index (χ1) is 7.85. The highest BCUT2D eigenvalue weighted by molar-refractivity contribution is 4.68. The Bertz CT molecular complexity index is 142. The van der Waals surface area contributed by atoms with Gasteiger partial charge in [-0.3, -0.25) is 0 Å². The molecule has 0 bridgehead atoms. The van der Waals surface area contributed by atoms with Crippen LogP contribution in [0.5, 0.6) is 0 Å². The Kier molecular flexibility index (Phi) is 12.5. The quantitative estimate of drug-likeness (QED) is 0.375. The van der Waals surface area contributed by atoms with Gasteiger partial charge in [0.05, 0.1) is 0 Å². The van der Waals surface area contributed by atoms with Gasteiger partial charge in [0.25, 0.3) is 0 Å². The van der Waals surface area contributed by atoms with Crippen molar-refractivity contribution in [1.29, 1.82) is 0 Å². The zero-order valence-corrected chi connectivity index (χ0v) is 11.4. The molecule has 0 rings (SSSR count). The van der Waals surface area contributed by atoms with Gasteiger partial charge in [0.2, 0.25) is 0 Å². The zero-order chi connectivity index (χ0) is 12.1. The van der Waals surface area contributed by atoms with E-state index in [0.29, 0.717) is 0 Å². The summed E-state index contributed by atoms with van der Waals surface area (Å²) in [4.78, 5) is 0. The molecule has 0 aliphatic carbocycles. The van der Waals surface area contributed by atoms with E-state index in [2.05, 4.69) is 25.7 Å². The highest BCUT2D eigenvalue weighted by Gasteiger charge is 2.05. The fourth-order valence-corrected chi connectivity index (χ4v) is 2.04. The van der Waals surface area contributed by atoms with Gasteiger partial charge in [-0.1, -0.05) is 45.6 Å². The summed E-state index contributed by atoms with van der Waals surface area (Å²) in [6.45, 7) is 9.51. The minimum atomic E-state index is 0.768. The molecule has 1 unspecified atom stereocenters. The first-order valence-corrected chi connectivity index (χ1v) is 7.19. The molecule has 0 amide bonds. The van der Waals surface area contributed by atoms with Gasteiger partial charge in [-0.15, -0.1) is 6.58 Å². The third-order valence-electron chi connectivity index (χ3n) is 3.06. The van der Waals surface area contributed by atoms with E-state index in [1.807, 2.05) is 6.08 Å². The summed E-state index contributed by atoms with van der Waals surface area (Å²) in [6.07, 6.45) is 13.9. The molecule has 0 saturated carbocycles. The van der Waals surface area contributed by atoms with Crippen molar-refractivity contribution in [3.63, 3.8) is 0 Å². The summed E-state index contributed by atoms with van der Waals surface area (Å²) in [7, 11) is 0. The lowest BCUT2D eigenvalue weighted by Gasteiger charge is -2.17. The minimum Gasteiger partial charge on any atom is -0.314 e. The van der Waals surface area contributed by atoms with Gasteiger partial charge in [0.1, 0.15) is 0 Å². The van der Waals surface area contributed by atoms with Crippen molar-refractivity contribution in [1.82, 2.24) is 5.32 Å². The predicted molar refractivity (Wildman–Crippen MR) is 74.9 cm³/mol. The molecular formula is C15H31N. The van der Waals surface area contributed by atoms with Gasteiger partial charge in [0.15, 0.2) is 0 Å². The molecule has 0 aromatic carbocycles. The van der Waals surface area contributed by atoms with Crippen LogP contribution in [-0.4, -0.2) is 12.6 Å². The van der Waals surface area contributed by atoms with Crippen LogP contribution in [0.4, 0.5) is 0 Å². The van der Waals surface area contributed by atoms with E-state index >= 15 is 0 Å². The van der Waals surface area contributed by atoms with Crippen molar-refractivity contribution in [3.8, 4) is 0 Å². The topological polar surface area (TPSA) is 12.0 Å². The smallest absolute Gasteiger partial charge is 0.00669 e. The first-order valence-electron chi connectivity index (χ1n) is 7.19. The fourth-order valence-electron chi connectivity index (χ4n) is 2.04. The summed E-state index contributed by atoms with van der Waals surface area (Å²) < 4.78 is 0. The molecule has 0 aromatic heterocycles. The Labute approximate surface area is 103 Å². The highest BCUT2D eigenvalue weighted by Crippen LogP contribution is 2.07. The Morgan fingerprint density at radius 2 is 1.81 bits per heavy atom. The molecule has 0 aliphatic rings. The van der Waals surface area contributed by atoms with E-state index in [1.165, 1.54) is 64.3 Å². The highest BCUT2D eigenvalue weighted by atomic mass is 14.9. The van der Waals surface area contributed by atoms with E-state index in [9.17, 15) is 0 Å². The molecule has 1 atom stereocenters. The number of hydrogen-bond acceptors (Lipinski definition) is 1. The Morgan fingerprint density at radius 1 is 1.00 bits per heavy atom. The second-order valence-corrected chi connectivity index (χ2v) is 4.72. The van der Waals surface area contributed by atoms with Gasteiger partial charge in [-0.2, -0.15) is 0 Å². The SMILES string of the molecule is C=CCCCCCNC(CCC)CCCC. The predicted octanol–water partition coefficient (Wildman–Crippen LogP) is 4.68. The summed E-state index contributed by atoms with van der Waals surface area (Å²) in [6, 6.07) is 0.768. The maximum Gasteiger partial charge on any atom is 0.00669 e. The van der Waals surface area contributed by atoms with Crippen molar-refractivity contribution < 1.29 is 0 Å². The lowest BCUT2D eigenvalue weighted by Crippen LogP contribution is -2.29. The zero-order valence-electron chi connectivity index (χ0n) is 11.4. The molecule has 16 heavy (non-hydrogen) atoms. The van der Waals surface area contributed by atoms with Crippen LogP contribution in [0.3, 0.4) is 0 Å². The number of allylic oxidation sites excluding steroid dienone is 1. The lowest BCUT2D eigenvalue weighted by atomic mass is 10.0. The van der Waals surface area contributed by atoms with Crippen molar-refractivity contribution in [2.24, 2.45) is 0 Å². The van der Waals surface area contributed by atoms with E-state index in [4.69, 9.17) is 0 Å². The number of unbranched alkanes of at least 4 members (excludes halogenated alkanes) is 4. The maximum atomic E-state index is 3.75. The normalized spacial score (nSPS) is 12.6. The van der Waals surface area contributed by atoms with Crippen LogP contribution in [0.2, 0.25) is 0 Å². The van der Waals surface area contributed by atoms with Crippen LogP contribution in [0.15, 0.2) is 12.7 Å². The summed E-state index contributed by atoms with van der Waals surface area (Å²) in [5, 5.41) is 3.71. The van der Waals surface area contributed by atoms with Crippen molar-refractivity contribution in [3.05, 3.63) is 12.7 Å². The van der Waals surface area contributed by atoms with Crippen LogP contribution in [0.25, 0.3) is 0 Å². The third-order valence-corrected chi connectivity index (χ3v) is 3.06. The standard InChI is InChI=1S/C15H31N/c1-4-7-9-10-11-14-16-15(12-6-3)13-8-5-2/h4,15-16H,1,5-14H2,2-3H3. The fraction of sp³-hybridized carbons (Fsp3) is 0.867. The van der Waals surface area contributed by atoms with Crippen LogP contribution >= 0.6 is 0 Å².